The Bertz CT molecular complexity index is 3170. The second kappa shape index (κ2) is 10.5. The second-order valence-electron chi connectivity index (χ2n) is 8.99. The van der Waals surface area contributed by atoms with E-state index in [-0.39, 0.29) is 55.6 Å². The number of furan rings is 1. The van der Waals surface area contributed by atoms with Gasteiger partial charge in [-0.2, -0.15) is 0 Å². The Morgan fingerprint density at radius 3 is 1.56 bits per heavy atom. The van der Waals surface area contributed by atoms with Crippen molar-refractivity contribution in [2.24, 2.45) is 0 Å². The highest BCUT2D eigenvalue weighted by molar-refractivity contribution is 6.16. The van der Waals surface area contributed by atoms with Crippen LogP contribution in [0.4, 0.5) is 0 Å². The molecule has 0 unspecified atom stereocenters. The summed E-state index contributed by atoms with van der Waals surface area (Å²) in [6, 6.07) is -6.95. The van der Waals surface area contributed by atoms with Crippen LogP contribution in [0, 0.1) is 0 Å². The summed E-state index contributed by atoms with van der Waals surface area (Å²) < 4.78 is 176. The smallest absolute Gasteiger partial charge is 0.164 e. The Labute approximate surface area is 277 Å². The highest BCUT2D eigenvalue weighted by atomic mass is 16.3. The first-order valence-electron chi connectivity index (χ1n) is 22.6. The molecule has 0 amide bonds. The van der Waals surface area contributed by atoms with Gasteiger partial charge in [0, 0.05) is 33.0 Å². The lowest BCUT2D eigenvalue weighted by Crippen LogP contribution is -2.00. The molecule has 0 atom stereocenters. The average molecular weight is 572 g/mol. The van der Waals surface area contributed by atoms with Crippen molar-refractivity contribution in [3.63, 3.8) is 0 Å². The summed E-state index contributed by atoms with van der Waals surface area (Å²) in [6.45, 7) is 0. The number of hydrogen-bond donors (Lipinski definition) is 0. The van der Waals surface area contributed by atoms with Gasteiger partial charge in [-0.3, -0.25) is 0 Å². The number of fused-ring (bicyclic) bond motifs is 3. The lowest BCUT2D eigenvalue weighted by Gasteiger charge is -2.10. The first-order chi connectivity index (χ1) is 29.6. The van der Waals surface area contributed by atoms with Crippen molar-refractivity contribution in [1.29, 1.82) is 0 Å². The minimum atomic E-state index is -0.749. The molecule has 0 saturated carbocycles. The van der Waals surface area contributed by atoms with Gasteiger partial charge in [0.15, 0.2) is 17.5 Å². The Balaban J connectivity index is 1.56. The molecule has 0 aliphatic carbocycles. The van der Waals surface area contributed by atoms with Crippen LogP contribution in [0.3, 0.4) is 0 Å². The van der Waals surface area contributed by atoms with Gasteiger partial charge in [0.1, 0.15) is 11.2 Å². The van der Waals surface area contributed by atoms with Crippen molar-refractivity contribution < 1.29 is 31.8 Å². The van der Waals surface area contributed by atoms with Gasteiger partial charge in [-0.15, -0.1) is 0 Å². The fourth-order valence-electron chi connectivity index (χ4n) is 4.67. The molecule has 0 aliphatic heterocycles. The first kappa shape index (κ1) is 11.8. The van der Waals surface area contributed by atoms with Gasteiger partial charge >= 0.3 is 0 Å². The van der Waals surface area contributed by atoms with Gasteiger partial charge in [0.25, 0.3) is 0 Å². The van der Waals surface area contributed by atoms with E-state index < -0.39 is 144 Å². The Morgan fingerprint density at radius 2 is 0.977 bits per heavy atom. The monoisotopic (exact) mass is 571 g/mol. The van der Waals surface area contributed by atoms with Crippen LogP contribution in [-0.2, 0) is 0 Å². The molecule has 0 fully saturated rings. The van der Waals surface area contributed by atoms with E-state index in [9.17, 15) is 0 Å². The molecule has 0 N–H and O–H groups in total. The number of nitrogens with zero attached hydrogens (tertiary/aromatic N) is 3. The minimum Gasteiger partial charge on any atom is -0.455 e. The Morgan fingerprint density at radius 1 is 0.465 bits per heavy atom. The second-order valence-corrected chi connectivity index (χ2v) is 8.99. The molecule has 8 aromatic rings. The predicted molar refractivity (Wildman–Crippen MR) is 174 cm³/mol. The van der Waals surface area contributed by atoms with E-state index >= 15 is 0 Å². The van der Waals surface area contributed by atoms with Crippen LogP contribution in [0.2, 0.25) is 0 Å². The quantitative estimate of drug-likeness (QED) is 0.206. The third-order valence-corrected chi connectivity index (χ3v) is 6.48. The van der Waals surface area contributed by atoms with Gasteiger partial charge in [0.2, 0.25) is 0 Å². The standard InChI is InChI=1S/C39H25N3O/c1-5-14-26(15-6-1)30-24-32(27-16-7-2-8-17-27)36-33(25-30)35-31(22-13-23-34(35)43-36)39-41-37(28-18-9-3-10-19-28)40-38(42-39)29-20-11-4-12-21-29/h1-25H/i1D,2D,3D,4D,5D,6D,7D,8D,9D,10D,11D,12D,14D,15D,16D,17D,18D,19D,20D,21D. The maximum absolute atomic E-state index is 8.84. The normalized spacial score (nSPS) is 17.8. The SMILES string of the molecule is [2H]c1c([2H])c([2H])c(-c2cc(-c3c([2H])c([2H])c([2H])c([2H])c3[2H])c3oc4cccc(-c5nc(-c6c([2H])c([2H])c([2H])c([2H])c6[2H])nc(-c6c([2H])c([2H])c([2H])c([2H])c6[2H])n5)c4c3c2)c([2H])c1[2H]. The zero-order valence-electron chi connectivity index (χ0n) is 41.6. The van der Waals surface area contributed by atoms with Crippen LogP contribution in [0.15, 0.2) is 156 Å². The van der Waals surface area contributed by atoms with Gasteiger partial charge in [-0.05, 0) is 34.9 Å². The van der Waals surface area contributed by atoms with Crippen LogP contribution >= 0.6 is 0 Å². The largest absolute Gasteiger partial charge is 0.455 e. The van der Waals surface area contributed by atoms with Crippen molar-refractivity contribution in [2.45, 2.75) is 0 Å². The van der Waals surface area contributed by atoms with Crippen LogP contribution in [0.1, 0.15) is 27.4 Å². The molecule has 202 valence electrons. The molecule has 0 spiro atoms. The minimum absolute atomic E-state index is 0.0288. The summed E-state index contributed by atoms with van der Waals surface area (Å²) in [4.78, 5) is 13.4. The highest BCUT2D eigenvalue weighted by Crippen LogP contribution is 2.42. The zero-order chi connectivity index (χ0) is 46.0. The molecule has 6 aromatic carbocycles. The van der Waals surface area contributed by atoms with Gasteiger partial charge in [0.05, 0.1) is 27.4 Å². The lowest BCUT2D eigenvalue weighted by atomic mass is 9.95. The first-order valence-corrected chi connectivity index (χ1v) is 12.6. The Kier molecular flexibility index (Phi) is 2.88. The molecule has 2 aromatic heterocycles. The van der Waals surface area contributed by atoms with E-state index in [0.29, 0.717) is 0 Å². The van der Waals surface area contributed by atoms with Crippen LogP contribution in [-0.4, -0.2) is 15.0 Å². The summed E-state index contributed by atoms with van der Waals surface area (Å²) in [5, 5.41) is 0.182. The molecule has 4 heteroatoms. The summed E-state index contributed by atoms with van der Waals surface area (Å²) in [7, 11) is 0. The molecular weight excluding hydrogens is 526 g/mol. The van der Waals surface area contributed by atoms with Crippen molar-refractivity contribution in [1.82, 2.24) is 15.0 Å². The van der Waals surface area contributed by atoms with E-state index in [1.807, 2.05) is 0 Å². The summed E-state index contributed by atoms with van der Waals surface area (Å²) in [6.07, 6.45) is 0. The van der Waals surface area contributed by atoms with E-state index in [1.54, 1.807) is 0 Å². The van der Waals surface area contributed by atoms with E-state index in [1.165, 1.54) is 30.3 Å². The Hall–Kier alpha value is -5.87. The topological polar surface area (TPSA) is 51.8 Å². The maximum Gasteiger partial charge on any atom is 0.164 e. The van der Waals surface area contributed by atoms with Crippen molar-refractivity contribution in [3.05, 3.63) is 151 Å². The number of benzene rings is 6. The fourth-order valence-corrected chi connectivity index (χ4v) is 4.67. The average Bonchev–Trinajstić information content (AvgIpc) is 3.65. The third kappa shape index (κ3) is 4.55. The molecule has 8 rings (SSSR count). The fraction of sp³-hybridized carbons (Fsp3) is 0. The van der Waals surface area contributed by atoms with Gasteiger partial charge in [-0.1, -0.05) is 133 Å². The number of rotatable bonds is 5. The molecule has 0 radical (unpaired) electrons. The van der Waals surface area contributed by atoms with Crippen molar-refractivity contribution in [3.8, 4) is 56.4 Å². The zero-order valence-corrected chi connectivity index (χ0v) is 21.6. The molecule has 4 nitrogen and oxygen atoms in total. The highest BCUT2D eigenvalue weighted by Gasteiger charge is 2.20. The van der Waals surface area contributed by atoms with Crippen molar-refractivity contribution in [2.75, 3.05) is 0 Å². The van der Waals surface area contributed by atoms with Gasteiger partial charge < -0.3 is 4.42 Å². The van der Waals surface area contributed by atoms with Gasteiger partial charge in [-0.25, -0.2) is 15.0 Å². The van der Waals surface area contributed by atoms with Crippen LogP contribution in [0.25, 0.3) is 78.4 Å². The lowest BCUT2D eigenvalue weighted by molar-refractivity contribution is 0.670. The number of hydrogen-bond acceptors (Lipinski definition) is 4. The van der Waals surface area contributed by atoms with Crippen LogP contribution in [0.5, 0.6) is 0 Å². The molecular formula is C39H25N3O. The molecule has 0 aliphatic rings. The summed E-state index contributed by atoms with van der Waals surface area (Å²) in [5.41, 5.74) is -1.92. The molecule has 0 saturated heterocycles. The molecule has 43 heavy (non-hydrogen) atoms. The summed E-state index contributed by atoms with van der Waals surface area (Å²) in [5.74, 6) is -1.45. The molecule has 0 bridgehead atoms. The van der Waals surface area contributed by atoms with E-state index in [0.717, 1.165) is 0 Å². The molecule has 2 heterocycles. The third-order valence-electron chi connectivity index (χ3n) is 6.48. The number of aromatic nitrogens is 3. The maximum atomic E-state index is 8.84. The van der Waals surface area contributed by atoms with E-state index in [2.05, 4.69) is 15.0 Å². The van der Waals surface area contributed by atoms with Crippen LogP contribution < -0.4 is 0 Å². The van der Waals surface area contributed by atoms with E-state index in [4.69, 9.17) is 31.8 Å². The predicted octanol–water partition coefficient (Wildman–Crippen LogP) is 10.1. The summed E-state index contributed by atoms with van der Waals surface area (Å²) >= 11 is 0. The van der Waals surface area contributed by atoms with Crippen molar-refractivity contribution >= 4 is 21.9 Å².